The number of halogens is 1. The Bertz CT molecular complexity index is 759. The monoisotopic (exact) mass is 357 g/mol. The molecule has 0 unspecified atom stereocenters. The third-order valence-corrected chi connectivity index (χ3v) is 4.43. The van der Waals surface area contributed by atoms with Crippen LogP contribution in [0.15, 0.2) is 48.5 Å². The van der Waals surface area contributed by atoms with Crippen molar-refractivity contribution in [3.8, 4) is 0 Å². The van der Waals surface area contributed by atoms with E-state index >= 15 is 0 Å². The minimum atomic E-state index is -0.160. The maximum absolute atomic E-state index is 12.5. The lowest BCUT2D eigenvalue weighted by Gasteiger charge is -2.18. The van der Waals surface area contributed by atoms with E-state index in [-0.39, 0.29) is 18.5 Å². The van der Waals surface area contributed by atoms with Crippen molar-refractivity contribution in [1.82, 2.24) is 10.2 Å². The second-order valence-corrected chi connectivity index (χ2v) is 6.53. The summed E-state index contributed by atoms with van der Waals surface area (Å²) in [5.74, 6) is -0.160. The molecule has 1 heterocycles. The van der Waals surface area contributed by atoms with Crippen molar-refractivity contribution >= 4 is 29.2 Å². The van der Waals surface area contributed by atoms with E-state index < -0.39 is 0 Å². The van der Waals surface area contributed by atoms with Crippen molar-refractivity contribution in [2.75, 3.05) is 24.5 Å². The number of carbonyl (C=O) groups is 2. The van der Waals surface area contributed by atoms with Crippen LogP contribution in [0.5, 0.6) is 0 Å². The number of hydrogen-bond donors (Lipinski definition) is 1. The van der Waals surface area contributed by atoms with E-state index in [1.54, 1.807) is 34.1 Å². The van der Waals surface area contributed by atoms with Crippen molar-refractivity contribution in [2.24, 2.45) is 0 Å². The quantitative estimate of drug-likeness (QED) is 0.893. The van der Waals surface area contributed by atoms with E-state index in [0.29, 0.717) is 24.7 Å². The number of urea groups is 1. The lowest BCUT2D eigenvalue weighted by molar-refractivity contribution is -0.121. The standard InChI is InChI=1S/C19H20ClN3O2/c1-14-2-4-15(5-3-14)12-21-18(24)13-22-10-11-23(19(22)25)17-8-6-16(20)7-9-17/h2-9H,10-13H2,1H3,(H,21,24). The lowest BCUT2D eigenvalue weighted by atomic mass is 10.1. The number of nitrogens with zero attached hydrogens (tertiary/aromatic N) is 2. The SMILES string of the molecule is Cc1ccc(CNC(=O)CN2CCN(c3ccc(Cl)cc3)C2=O)cc1. The van der Waals surface area contributed by atoms with Gasteiger partial charge in [-0.25, -0.2) is 4.79 Å². The molecule has 2 aromatic rings. The number of amides is 3. The maximum atomic E-state index is 12.5. The van der Waals surface area contributed by atoms with Crippen LogP contribution in [0.25, 0.3) is 0 Å². The second kappa shape index (κ2) is 7.57. The molecule has 1 aliphatic rings. The molecule has 0 aliphatic carbocycles. The highest BCUT2D eigenvalue weighted by Gasteiger charge is 2.30. The van der Waals surface area contributed by atoms with Crippen LogP contribution in [-0.4, -0.2) is 36.5 Å². The van der Waals surface area contributed by atoms with Gasteiger partial charge in [0.1, 0.15) is 6.54 Å². The zero-order valence-electron chi connectivity index (χ0n) is 14.0. The zero-order chi connectivity index (χ0) is 17.8. The predicted molar refractivity (Wildman–Crippen MR) is 98.8 cm³/mol. The van der Waals surface area contributed by atoms with Crippen molar-refractivity contribution < 1.29 is 9.59 Å². The van der Waals surface area contributed by atoms with Gasteiger partial charge in [-0.2, -0.15) is 0 Å². The molecule has 25 heavy (non-hydrogen) atoms. The molecule has 2 aromatic carbocycles. The number of hydrogen-bond acceptors (Lipinski definition) is 2. The first-order chi connectivity index (χ1) is 12.0. The van der Waals surface area contributed by atoms with Gasteiger partial charge in [-0.05, 0) is 36.8 Å². The van der Waals surface area contributed by atoms with Crippen LogP contribution in [0, 0.1) is 6.92 Å². The number of anilines is 1. The number of carbonyl (C=O) groups excluding carboxylic acids is 2. The summed E-state index contributed by atoms with van der Waals surface area (Å²) >= 11 is 5.88. The van der Waals surface area contributed by atoms with Gasteiger partial charge in [-0.3, -0.25) is 9.69 Å². The summed E-state index contributed by atoms with van der Waals surface area (Å²) in [6.45, 7) is 3.63. The molecule has 1 saturated heterocycles. The highest BCUT2D eigenvalue weighted by atomic mass is 35.5. The van der Waals surface area contributed by atoms with Crippen molar-refractivity contribution in [3.63, 3.8) is 0 Å². The van der Waals surface area contributed by atoms with Crippen LogP contribution in [0.2, 0.25) is 5.02 Å². The van der Waals surface area contributed by atoms with E-state index in [0.717, 1.165) is 11.3 Å². The van der Waals surface area contributed by atoms with Gasteiger partial charge in [0.25, 0.3) is 0 Å². The molecule has 1 N–H and O–H groups in total. The first-order valence-corrected chi connectivity index (χ1v) is 8.55. The molecule has 0 bridgehead atoms. The number of nitrogens with one attached hydrogen (secondary N) is 1. The number of rotatable bonds is 5. The third kappa shape index (κ3) is 4.31. The first-order valence-electron chi connectivity index (χ1n) is 8.17. The summed E-state index contributed by atoms with van der Waals surface area (Å²) < 4.78 is 0. The Hall–Kier alpha value is -2.53. The van der Waals surface area contributed by atoms with Gasteiger partial charge in [-0.1, -0.05) is 41.4 Å². The molecule has 3 rings (SSSR count). The molecular formula is C19H20ClN3O2. The van der Waals surface area contributed by atoms with Crippen LogP contribution < -0.4 is 10.2 Å². The Balaban J connectivity index is 1.52. The molecule has 0 spiro atoms. The van der Waals surface area contributed by atoms with Crippen molar-refractivity contribution in [2.45, 2.75) is 13.5 Å². The Kier molecular flexibility index (Phi) is 5.24. The van der Waals surface area contributed by atoms with Crippen LogP contribution in [-0.2, 0) is 11.3 Å². The highest BCUT2D eigenvalue weighted by Crippen LogP contribution is 2.22. The van der Waals surface area contributed by atoms with Gasteiger partial charge in [-0.15, -0.1) is 0 Å². The maximum Gasteiger partial charge on any atom is 0.325 e. The Labute approximate surface area is 152 Å². The van der Waals surface area contributed by atoms with Gasteiger partial charge >= 0.3 is 6.03 Å². The first kappa shape index (κ1) is 17.3. The van der Waals surface area contributed by atoms with Gasteiger partial charge in [0.05, 0.1) is 0 Å². The Morgan fingerprint density at radius 1 is 1.08 bits per heavy atom. The molecule has 130 valence electrons. The van der Waals surface area contributed by atoms with Gasteiger partial charge in [0.2, 0.25) is 5.91 Å². The fourth-order valence-corrected chi connectivity index (χ4v) is 2.85. The van der Waals surface area contributed by atoms with E-state index in [1.165, 1.54) is 5.56 Å². The van der Waals surface area contributed by atoms with Crippen LogP contribution in [0.4, 0.5) is 10.5 Å². The summed E-state index contributed by atoms with van der Waals surface area (Å²) in [5, 5.41) is 3.49. The second-order valence-electron chi connectivity index (χ2n) is 6.09. The average Bonchev–Trinajstić information content (AvgIpc) is 2.96. The number of aryl methyl sites for hydroxylation is 1. The lowest BCUT2D eigenvalue weighted by Crippen LogP contribution is -2.39. The van der Waals surface area contributed by atoms with Crippen molar-refractivity contribution in [3.05, 3.63) is 64.7 Å². The fourth-order valence-electron chi connectivity index (χ4n) is 2.73. The minimum Gasteiger partial charge on any atom is -0.350 e. The molecule has 6 heteroatoms. The normalized spacial score (nSPS) is 14.1. The summed E-state index contributed by atoms with van der Waals surface area (Å²) in [6, 6.07) is 14.9. The molecule has 3 amide bonds. The predicted octanol–water partition coefficient (Wildman–Crippen LogP) is 3.21. The molecule has 0 aromatic heterocycles. The molecule has 1 fully saturated rings. The topological polar surface area (TPSA) is 52.7 Å². The molecule has 0 saturated carbocycles. The minimum absolute atomic E-state index is 0.0643. The number of benzene rings is 2. The van der Waals surface area contributed by atoms with E-state index in [2.05, 4.69) is 5.32 Å². The zero-order valence-corrected chi connectivity index (χ0v) is 14.8. The van der Waals surface area contributed by atoms with E-state index in [4.69, 9.17) is 11.6 Å². The van der Waals surface area contributed by atoms with Crippen LogP contribution in [0.1, 0.15) is 11.1 Å². The van der Waals surface area contributed by atoms with Crippen LogP contribution in [0.3, 0.4) is 0 Å². The Morgan fingerprint density at radius 3 is 2.44 bits per heavy atom. The summed E-state index contributed by atoms with van der Waals surface area (Å²) in [6.07, 6.45) is 0. The molecule has 5 nitrogen and oxygen atoms in total. The largest absolute Gasteiger partial charge is 0.350 e. The van der Waals surface area contributed by atoms with Crippen LogP contribution >= 0.6 is 11.6 Å². The molecule has 1 aliphatic heterocycles. The third-order valence-electron chi connectivity index (χ3n) is 4.18. The van der Waals surface area contributed by atoms with E-state index in [1.807, 2.05) is 31.2 Å². The smallest absolute Gasteiger partial charge is 0.325 e. The average molecular weight is 358 g/mol. The molecule has 0 radical (unpaired) electrons. The van der Waals surface area contributed by atoms with E-state index in [9.17, 15) is 9.59 Å². The summed E-state index contributed by atoms with van der Waals surface area (Å²) in [7, 11) is 0. The Morgan fingerprint density at radius 2 is 1.76 bits per heavy atom. The highest BCUT2D eigenvalue weighted by molar-refractivity contribution is 6.30. The molecule has 0 atom stereocenters. The summed E-state index contributed by atoms with van der Waals surface area (Å²) in [5.41, 5.74) is 3.01. The fraction of sp³-hybridized carbons (Fsp3) is 0.263. The summed E-state index contributed by atoms with van der Waals surface area (Å²) in [4.78, 5) is 27.8. The molecular weight excluding hydrogens is 338 g/mol. The van der Waals surface area contributed by atoms with Gasteiger partial charge < -0.3 is 10.2 Å². The van der Waals surface area contributed by atoms with Gasteiger partial charge in [0.15, 0.2) is 0 Å². The van der Waals surface area contributed by atoms with Gasteiger partial charge in [0, 0.05) is 30.3 Å². The van der Waals surface area contributed by atoms with Crippen molar-refractivity contribution in [1.29, 1.82) is 0 Å².